The topological polar surface area (TPSA) is 97.4 Å². The Hall–Kier alpha value is -2.93. The van der Waals surface area contributed by atoms with Gasteiger partial charge in [-0.05, 0) is 31.8 Å². The third-order valence-electron chi connectivity index (χ3n) is 3.65. The van der Waals surface area contributed by atoms with E-state index < -0.39 is 17.4 Å². The lowest BCUT2D eigenvalue weighted by molar-refractivity contribution is -0.118. The summed E-state index contributed by atoms with van der Waals surface area (Å²) in [6, 6.07) is 12.2. The largest absolute Gasteiger partial charge is 0.368 e. The number of hydrogen-bond acceptors (Lipinski definition) is 4. The number of carbonyl (C=O) groups is 2. The molecule has 25 heavy (non-hydrogen) atoms. The molecule has 1 unspecified atom stereocenters. The minimum absolute atomic E-state index is 0.0246. The molecule has 0 aliphatic carbocycles. The molecular weight excluding hydrogens is 320 g/mol. The molecule has 0 fully saturated rings. The molecule has 2 rings (SSSR count). The Labute approximate surface area is 146 Å². The summed E-state index contributed by atoms with van der Waals surface area (Å²) in [5, 5.41) is 2.89. The van der Waals surface area contributed by atoms with Crippen LogP contribution in [0.4, 0.5) is 0 Å². The van der Waals surface area contributed by atoms with Gasteiger partial charge in [0.1, 0.15) is 12.1 Å². The molecule has 1 aromatic carbocycles. The summed E-state index contributed by atoms with van der Waals surface area (Å²) < 4.78 is 1.13. The summed E-state index contributed by atoms with van der Waals surface area (Å²) in [6.07, 6.45) is 1.43. The zero-order valence-corrected chi connectivity index (χ0v) is 14.3. The number of nitrogens with two attached hydrogens (primary N) is 1. The molecular formula is C18H22N4O3. The highest BCUT2D eigenvalue weighted by Gasteiger charge is 2.19. The van der Waals surface area contributed by atoms with E-state index in [9.17, 15) is 14.4 Å². The fraction of sp³-hybridized carbons (Fsp3) is 0.278. The van der Waals surface area contributed by atoms with Crippen molar-refractivity contribution in [2.75, 3.05) is 20.6 Å². The maximum Gasteiger partial charge on any atom is 0.263 e. The van der Waals surface area contributed by atoms with Crippen molar-refractivity contribution in [2.45, 2.75) is 12.6 Å². The Morgan fingerprint density at radius 2 is 1.84 bits per heavy atom. The standard InChI is InChI=1S/C18H22N4O3/c1-21(2)11-15(13-7-4-3-5-8-13)20-17(24)14-9-6-10-22(18(14)25)12-16(19)23/h3-10,15H,11-12H2,1-2H3,(H2,19,23)(H,20,24). The number of pyridine rings is 1. The minimum atomic E-state index is -0.644. The van der Waals surface area contributed by atoms with Crippen molar-refractivity contribution in [3.05, 3.63) is 70.1 Å². The van der Waals surface area contributed by atoms with Gasteiger partial charge < -0.3 is 20.5 Å². The number of likely N-dealkylation sites (N-methyl/N-ethyl adjacent to an activating group) is 1. The second-order valence-electron chi connectivity index (χ2n) is 6.02. The first kappa shape index (κ1) is 18.4. The van der Waals surface area contributed by atoms with Gasteiger partial charge in [-0.2, -0.15) is 0 Å². The SMILES string of the molecule is CN(C)CC(NC(=O)c1cccn(CC(N)=O)c1=O)c1ccccc1. The molecule has 7 heteroatoms. The molecule has 2 amide bonds. The van der Waals surface area contributed by atoms with Crippen molar-refractivity contribution >= 4 is 11.8 Å². The van der Waals surface area contributed by atoms with E-state index in [0.29, 0.717) is 6.54 Å². The van der Waals surface area contributed by atoms with Crippen molar-refractivity contribution in [3.8, 4) is 0 Å². The van der Waals surface area contributed by atoms with Crippen molar-refractivity contribution in [1.82, 2.24) is 14.8 Å². The third-order valence-corrected chi connectivity index (χ3v) is 3.65. The van der Waals surface area contributed by atoms with Crippen molar-refractivity contribution in [1.29, 1.82) is 0 Å². The molecule has 0 aliphatic heterocycles. The van der Waals surface area contributed by atoms with Gasteiger partial charge >= 0.3 is 0 Å². The smallest absolute Gasteiger partial charge is 0.263 e. The first-order valence-corrected chi connectivity index (χ1v) is 7.86. The van der Waals surface area contributed by atoms with Gasteiger partial charge in [-0.25, -0.2) is 0 Å². The maximum absolute atomic E-state index is 12.6. The summed E-state index contributed by atoms with van der Waals surface area (Å²) in [6.45, 7) is 0.317. The summed E-state index contributed by atoms with van der Waals surface area (Å²) in [7, 11) is 3.81. The number of carbonyl (C=O) groups excluding carboxylic acids is 2. The lowest BCUT2D eigenvalue weighted by atomic mass is 10.1. The molecule has 1 atom stereocenters. The quantitative estimate of drug-likeness (QED) is 0.759. The first-order chi connectivity index (χ1) is 11.9. The van der Waals surface area contributed by atoms with Crippen LogP contribution in [0.25, 0.3) is 0 Å². The fourth-order valence-corrected chi connectivity index (χ4v) is 2.52. The minimum Gasteiger partial charge on any atom is -0.368 e. The van der Waals surface area contributed by atoms with Crippen LogP contribution in [0.1, 0.15) is 22.0 Å². The van der Waals surface area contributed by atoms with Crippen LogP contribution in [0.15, 0.2) is 53.5 Å². The van der Waals surface area contributed by atoms with Crippen LogP contribution in [0.3, 0.4) is 0 Å². The zero-order valence-electron chi connectivity index (χ0n) is 14.3. The predicted octanol–water partition coefficient (Wildman–Crippen LogP) is 0.366. The van der Waals surface area contributed by atoms with E-state index in [4.69, 9.17) is 5.73 Å². The maximum atomic E-state index is 12.6. The predicted molar refractivity (Wildman–Crippen MR) is 95.1 cm³/mol. The molecule has 7 nitrogen and oxygen atoms in total. The number of hydrogen-bond donors (Lipinski definition) is 2. The van der Waals surface area contributed by atoms with Crippen LogP contribution in [0.5, 0.6) is 0 Å². The molecule has 0 saturated heterocycles. The van der Waals surface area contributed by atoms with Crippen LogP contribution in [-0.2, 0) is 11.3 Å². The van der Waals surface area contributed by atoms with Crippen molar-refractivity contribution < 1.29 is 9.59 Å². The molecule has 0 aliphatic rings. The van der Waals surface area contributed by atoms with Gasteiger partial charge in [-0.1, -0.05) is 30.3 Å². The first-order valence-electron chi connectivity index (χ1n) is 7.86. The number of primary amides is 1. The van der Waals surface area contributed by atoms with Crippen LogP contribution < -0.4 is 16.6 Å². The molecule has 0 bridgehead atoms. The molecule has 0 saturated carbocycles. The monoisotopic (exact) mass is 342 g/mol. The Balaban J connectivity index is 2.27. The van der Waals surface area contributed by atoms with Gasteiger partial charge in [0.2, 0.25) is 5.91 Å². The van der Waals surface area contributed by atoms with Crippen molar-refractivity contribution in [3.63, 3.8) is 0 Å². The Morgan fingerprint density at radius 3 is 2.44 bits per heavy atom. The van der Waals surface area contributed by atoms with E-state index in [1.165, 1.54) is 12.3 Å². The highest BCUT2D eigenvalue weighted by Crippen LogP contribution is 2.14. The van der Waals surface area contributed by atoms with Gasteiger partial charge in [-0.15, -0.1) is 0 Å². The Morgan fingerprint density at radius 1 is 1.16 bits per heavy atom. The molecule has 1 heterocycles. The normalized spacial score (nSPS) is 12.0. The third kappa shape index (κ3) is 5.02. The van der Waals surface area contributed by atoms with E-state index in [-0.39, 0.29) is 18.2 Å². The highest BCUT2D eigenvalue weighted by molar-refractivity contribution is 5.94. The second kappa shape index (κ2) is 8.25. The summed E-state index contributed by atoms with van der Waals surface area (Å²) in [4.78, 5) is 38.0. The number of nitrogens with zero attached hydrogens (tertiary/aromatic N) is 2. The van der Waals surface area contributed by atoms with Crippen molar-refractivity contribution in [2.24, 2.45) is 5.73 Å². The average Bonchev–Trinajstić information content (AvgIpc) is 2.56. The highest BCUT2D eigenvalue weighted by atomic mass is 16.2. The number of amides is 2. The molecule has 0 radical (unpaired) electrons. The summed E-state index contributed by atoms with van der Waals surface area (Å²) in [5.74, 6) is -1.13. The average molecular weight is 342 g/mol. The number of benzene rings is 1. The van der Waals surface area contributed by atoms with E-state index in [1.807, 2.05) is 49.3 Å². The van der Waals surface area contributed by atoms with Gasteiger partial charge in [0.25, 0.3) is 11.5 Å². The van der Waals surface area contributed by atoms with E-state index in [0.717, 1.165) is 10.1 Å². The van der Waals surface area contributed by atoms with Crippen LogP contribution in [0.2, 0.25) is 0 Å². The second-order valence-corrected chi connectivity index (χ2v) is 6.02. The number of nitrogens with one attached hydrogen (secondary N) is 1. The molecule has 0 spiro atoms. The van der Waals surface area contributed by atoms with Crippen LogP contribution >= 0.6 is 0 Å². The molecule has 1 aromatic heterocycles. The summed E-state index contributed by atoms with van der Waals surface area (Å²) >= 11 is 0. The number of rotatable bonds is 7. The lowest BCUT2D eigenvalue weighted by Crippen LogP contribution is -2.39. The summed E-state index contributed by atoms with van der Waals surface area (Å²) in [5.41, 5.74) is 5.50. The van der Waals surface area contributed by atoms with Crippen LogP contribution in [-0.4, -0.2) is 41.9 Å². The Bertz CT molecular complexity index is 799. The van der Waals surface area contributed by atoms with E-state index in [1.54, 1.807) is 6.07 Å². The fourth-order valence-electron chi connectivity index (χ4n) is 2.52. The Kier molecular flexibility index (Phi) is 6.08. The molecule has 2 aromatic rings. The van der Waals surface area contributed by atoms with Gasteiger partial charge in [0.15, 0.2) is 0 Å². The van der Waals surface area contributed by atoms with Gasteiger partial charge in [0.05, 0.1) is 6.04 Å². The van der Waals surface area contributed by atoms with Crippen LogP contribution in [0, 0.1) is 0 Å². The van der Waals surface area contributed by atoms with Gasteiger partial charge in [-0.3, -0.25) is 14.4 Å². The number of aromatic nitrogens is 1. The molecule has 132 valence electrons. The zero-order chi connectivity index (χ0) is 18.4. The lowest BCUT2D eigenvalue weighted by Gasteiger charge is -2.23. The molecule has 3 N–H and O–H groups in total. The van der Waals surface area contributed by atoms with E-state index >= 15 is 0 Å². The van der Waals surface area contributed by atoms with E-state index in [2.05, 4.69) is 5.32 Å². The van der Waals surface area contributed by atoms with Gasteiger partial charge in [0, 0.05) is 12.7 Å².